The molecule has 1 rings (SSSR count). The van der Waals surface area contributed by atoms with Gasteiger partial charge in [0.2, 0.25) is 11.9 Å². The summed E-state index contributed by atoms with van der Waals surface area (Å²) >= 11 is 1.69. The van der Waals surface area contributed by atoms with Gasteiger partial charge in [0.05, 0.1) is 0 Å². The molecule has 0 aromatic carbocycles. The van der Waals surface area contributed by atoms with Gasteiger partial charge in [0.25, 0.3) is 0 Å². The van der Waals surface area contributed by atoms with E-state index in [1.165, 1.54) is 6.42 Å². The van der Waals surface area contributed by atoms with Crippen molar-refractivity contribution in [1.29, 1.82) is 0 Å². The minimum absolute atomic E-state index is 0.621. The zero-order valence-corrected chi connectivity index (χ0v) is 12.0. The Morgan fingerprint density at radius 1 is 1.29 bits per heavy atom. The molecular formula is C11H21N5S. The molecule has 0 aliphatic rings. The van der Waals surface area contributed by atoms with E-state index in [1.54, 1.807) is 11.8 Å². The zero-order valence-electron chi connectivity index (χ0n) is 11.2. The summed E-state index contributed by atoms with van der Waals surface area (Å²) in [4.78, 5) is 14.9. The molecule has 0 bridgehead atoms. The molecule has 17 heavy (non-hydrogen) atoms. The summed E-state index contributed by atoms with van der Waals surface area (Å²) < 4.78 is 0. The lowest BCUT2D eigenvalue weighted by Crippen LogP contribution is -2.15. The van der Waals surface area contributed by atoms with Gasteiger partial charge in [-0.2, -0.15) is 15.0 Å². The van der Waals surface area contributed by atoms with Crippen LogP contribution in [0, 0.1) is 5.92 Å². The molecule has 0 fully saturated rings. The van der Waals surface area contributed by atoms with Crippen molar-refractivity contribution < 1.29 is 0 Å². The van der Waals surface area contributed by atoms with Crippen molar-refractivity contribution >= 4 is 23.7 Å². The normalized spacial score (nSPS) is 12.3. The Balaban J connectivity index is 2.80. The van der Waals surface area contributed by atoms with Crippen molar-refractivity contribution in [3.8, 4) is 0 Å². The largest absolute Gasteiger partial charge is 0.357 e. The summed E-state index contributed by atoms with van der Waals surface area (Å²) in [5, 5.41) is 3.75. The molecule has 1 aromatic rings. The van der Waals surface area contributed by atoms with Crippen molar-refractivity contribution in [3.63, 3.8) is 0 Å². The van der Waals surface area contributed by atoms with E-state index < -0.39 is 0 Å². The maximum atomic E-state index is 4.41. The molecule has 1 N–H and O–H groups in total. The van der Waals surface area contributed by atoms with E-state index in [1.807, 2.05) is 26.0 Å². The fourth-order valence-corrected chi connectivity index (χ4v) is 2.02. The first-order valence-corrected chi connectivity index (χ1v) is 6.79. The zero-order chi connectivity index (χ0) is 12.8. The Hall–Kier alpha value is -1.04. The van der Waals surface area contributed by atoms with E-state index in [0.29, 0.717) is 17.8 Å². The van der Waals surface area contributed by atoms with Crippen molar-refractivity contribution in [2.45, 2.75) is 25.4 Å². The molecule has 1 heterocycles. The van der Waals surface area contributed by atoms with E-state index >= 15 is 0 Å². The van der Waals surface area contributed by atoms with E-state index in [9.17, 15) is 0 Å². The number of aromatic nitrogens is 3. The fraction of sp³-hybridized carbons (Fsp3) is 0.727. The standard InChI is InChI=1S/C11H21N5S/c1-6-8(2)7-17-11-14-9(12-3)13-10(15-11)16(4)5/h8H,6-7H2,1-5H3,(H,12,13,14,15). The van der Waals surface area contributed by atoms with Gasteiger partial charge < -0.3 is 10.2 Å². The monoisotopic (exact) mass is 255 g/mol. The topological polar surface area (TPSA) is 53.9 Å². The predicted molar refractivity (Wildman–Crippen MR) is 73.9 cm³/mol. The first kappa shape index (κ1) is 14.0. The summed E-state index contributed by atoms with van der Waals surface area (Å²) in [6.45, 7) is 4.43. The number of hydrogen-bond acceptors (Lipinski definition) is 6. The predicted octanol–water partition coefficient (Wildman–Crippen LogP) is 2.12. The van der Waals surface area contributed by atoms with Gasteiger partial charge in [-0.15, -0.1) is 0 Å². The minimum atomic E-state index is 0.621. The van der Waals surface area contributed by atoms with Crippen LogP contribution in [0.1, 0.15) is 20.3 Å². The van der Waals surface area contributed by atoms with Crippen molar-refractivity contribution in [3.05, 3.63) is 0 Å². The fourth-order valence-electron chi connectivity index (χ4n) is 1.06. The average molecular weight is 255 g/mol. The van der Waals surface area contributed by atoms with Gasteiger partial charge in [0.15, 0.2) is 5.16 Å². The third kappa shape index (κ3) is 4.38. The summed E-state index contributed by atoms with van der Waals surface area (Å²) in [7, 11) is 5.67. The number of nitrogens with one attached hydrogen (secondary N) is 1. The maximum Gasteiger partial charge on any atom is 0.230 e. The van der Waals surface area contributed by atoms with Gasteiger partial charge in [-0.05, 0) is 5.92 Å². The average Bonchev–Trinajstić information content (AvgIpc) is 2.35. The van der Waals surface area contributed by atoms with Crippen LogP contribution in [0.4, 0.5) is 11.9 Å². The number of rotatable bonds is 6. The second-order valence-electron chi connectivity index (χ2n) is 4.21. The first-order valence-electron chi connectivity index (χ1n) is 5.80. The Kier molecular flexibility index (Phi) is 5.47. The van der Waals surface area contributed by atoms with Crippen molar-refractivity contribution in [2.24, 2.45) is 5.92 Å². The molecule has 1 atom stereocenters. The SMILES string of the molecule is CCC(C)CSc1nc(NC)nc(N(C)C)n1. The van der Waals surface area contributed by atoms with Crippen LogP contribution in [-0.2, 0) is 0 Å². The van der Waals surface area contributed by atoms with Gasteiger partial charge in [-0.3, -0.25) is 0 Å². The highest BCUT2D eigenvalue weighted by Crippen LogP contribution is 2.20. The Morgan fingerprint density at radius 2 is 2.00 bits per heavy atom. The highest BCUT2D eigenvalue weighted by molar-refractivity contribution is 7.99. The molecule has 0 amide bonds. The van der Waals surface area contributed by atoms with Crippen LogP contribution in [0.15, 0.2) is 5.16 Å². The quantitative estimate of drug-likeness (QED) is 0.786. The molecule has 96 valence electrons. The Morgan fingerprint density at radius 3 is 2.53 bits per heavy atom. The summed E-state index contributed by atoms with van der Waals surface area (Å²) in [5.74, 6) is 3.03. The lowest BCUT2D eigenvalue weighted by atomic mass is 10.2. The van der Waals surface area contributed by atoms with E-state index in [4.69, 9.17) is 0 Å². The summed E-state index contributed by atoms with van der Waals surface area (Å²) in [5.41, 5.74) is 0. The van der Waals surface area contributed by atoms with Crippen LogP contribution in [0.2, 0.25) is 0 Å². The summed E-state index contributed by atoms with van der Waals surface area (Å²) in [6, 6.07) is 0. The van der Waals surface area contributed by atoms with Gasteiger partial charge in [-0.25, -0.2) is 0 Å². The van der Waals surface area contributed by atoms with Crippen LogP contribution in [0.25, 0.3) is 0 Å². The molecule has 6 heteroatoms. The van der Waals surface area contributed by atoms with Gasteiger partial charge in [0.1, 0.15) is 0 Å². The van der Waals surface area contributed by atoms with Gasteiger partial charge in [-0.1, -0.05) is 32.0 Å². The number of hydrogen-bond donors (Lipinski definition) is 1. The molecule has 5 nitrogen and oxygen atoms in total. The molecule has 0 aliphatic carbocycles. The molecule has 1 aromatic heterocycles. The van der Waals surface area contributed by atoms with E-state index in [0.717, 1.165) is 10.9 Å². The van der Waals surface area contributed by atoms with Crippen molar-refractivity contribution in [2.75, 3.05) is 37.1 Å². The van der Waals surface area contributed by atoms with Gasteiger partial charge >= 0.3 is 0 Å². The molecule has 0 radical (unpaired) electrons. The molecule has 0 spiro atoms. The van der Waals surface area contributed by atoms with E-state index in [-0.39, 0.29) is 0 Å². The second-order valence-corrected chi connectivity index (χ2v) is 5.20. The first-order chi connectivity index (χ1) is 8.06. The molecule has 0 aliphatic heterocycles. The molecule has 0 saturated heterocycles. The Labute approximate surface area is 107 Å². The van der Waals surface area contributed by atoms with Gasteiger partial charge in [0, 0.05) is 26.9 Å². The molecule has 1 unspecified atom stereocenters. The van der Waals surface area contributed by atoms with Crippen LogP contribution in [0.5, 0.6) is 0 Å². The highest BCUT2D eigenvalue weighted by Gasteiger charge is 2.09. The summed E-state index contributed by atoms with van der Waals surface area (Å²) in [6.07, 6.45) is 1.18. The lowest BCUT2D eigenvalue weighted by Gasteiger charge is -2.13. The number of anilines is 2. The second kappa shape index (κ2) is 6.64. The number of nitrogens with zero attached hydrogens (tertiary/aromatic N) is 4. The smallest absolute Gasteiger partial charge is 0.230 e. The van der Waals surface area contributed by atoms with Crippen molar-refractivity contribution in [1.82, 2.24) is 15.0 Å². The van der Waals surface area contributed by atoms with Crippen LogP contribution < -0.4 is 10.2 Å². The van der Waals surface area contributed by atoms with Crippen LogP contribution >= 0.6 is 11.8 Å². The highest BCUT2D eigenvalue weighted by atomic mass is 32.2. The molecule has 0 saturated carbocycles. The lowest BCUT2D eigenvalue weighted by molar-refractivity contribution is 0.636. The van der Waals surface area contributed by atoms with Crippen LogP contribution in [-0.4, -0.2) is 41.8 Å². The molecular weight excluding hydrogens is 234 g/mol. The van der Waals surface area contributed by atoms with E-state index in [2.05, 4.69) is 34.1 Å². The third-order valence-corrected chi connectivity index (χ3v) is 3.60. The minimum Gasteiger partial charge on any atom is -0.357 e. The Bertz CT molecular complexity index is 356. The third-order valence-electron chi connectivity index (χ3n) is 2.42. The number of thioether (sulfide) groups is 1. The van der Waals surface area contributed by atoms with Crippen LogP contribution in [0.3, 0.4) is 0 Å². The maximum absolute atomic E-state index is 4.41.